The third kappa shape index (κ3) is 2.39. The van der Waals surface area contributed by atoms with Crippen LogP contribution in [0, 0.1) is 5.82 Å². The summed E-state index contributed by atoms with van der Waals surface area (Å²) in [5.41, 5.74) is 7.38. The third-order valence-electron chi connectivity index (χ3n) is 2.80. The highest BCUT2D eigenvalue weighted by Gasteiger charge is 2.06. The molecule has 19 heavy (non-hydrogen) atoms. The Labute approximate surface area is 114 Å². The van der Waals surface area contributed by atoms with E-state index in [0.717, 1.165) is 20.7 Å². The van der Waals surface area contributed by atoms with Crippen LogP contribution in [0.5, 0.6) is 0 Å². The molecule has 94 valence electrons. The van der Waals surface area contributed by atoms with Crippen molar-refractivity contribution in [2.75, 3.05) is 5.73 Å². The molecule has 0 saturated carbocycles. The summed E-state index contributed by atoms with van der Waals surface area (Å²) in [5.74, 6) is -0.229. The highest BCUT2D eigenvalue weighted by atomic mass is 32.2. The van der Waals surface area contributed by atoms with E-state index in [4.69, 9.17) is 5.73 Å². The van der Waals surface area contributed by atoms with Gasteiger partial charge in [-0.3, -0.25) is 4.98 Å². The predicted molar refractivity (Wildman–Crippen MR) is 76.7 cm³/mol. The Morgan fingerprint density at radius 3 is 2.58 bits per heavy atom. The molecule has 1 aromatic heterocycles. The maximum atomic E-state index is 12.9. The van der Waals surface area contributed by atoms with Crippen LogP contribution in [0.4, 0.5) is 10.1 Å². The molecule has 2 nitrogen and oxygen atoms in total. The SMILES string of the molecule is Nc1cccc2c(Sc3ccc(F)cc3)ccnc12. The summed E-state index contributed by atoms with van der Waals surface area (Å²) in [4.78, 5) is 6.34. The first-order valence-corrected chi connectivity index (χ1v) is 6.62. The second-order valence-corrected chi connectivity index (χ2v) is 5.22. The molecule has 3 rings (SSSR count). The van der Waals surface area contributed by atoms with Crippen molar-refractivity contribution in [1.29, 1.82) is 0 Å². The van der Waals surface area contributed by atoms with Crippen molar-refractivity contribution >= 4 is 28.4 Å². The Balaban J connectivity index is 2.06. The van der Waals surface area contributed by atoms with Gasteiger partial charge in [0.25, 0.3) is 0 Å². The number of nitrogens with two attached hydrogens (primary N) is 1. The van der Waals surface area contributed by atoms with Crippen molar-refractivity contribution in [3.8, 4) is 0 Å². The zero-order valence-corrected chi connectivity index (χ0v) is 10.8. The predicted octanol–water partition coefficient (Wildman–Crippen LogP) is 4.11. The van der Waals surface area contributed by atoms with Crippen LogP contribution in [0.3, 0.4) is 0 Å². The molecule has 0 radical (unpaired) electrons. The standard InChI is InChI=1S/C15H11FN2S/c16-10-4-6-11(7-5-10)19-14-8-9-18-15-12(14)2-1-3-13(15)17/h1-9H,17H2. The number of fused-ring (bicyclic) bond motifs is 1. The quantitative estimate of drug-likeness (QED) is 0.712. The molecule has 0 spiro atoms. The summed E-state index contributed by atoms with van der Waals surface area (Å²) in [6.07, 6.45) is 1.74. The van der Waals surface area contributed by atoms with E-state index >= 15 is 0 Å². The number of benzene rings is 2. The van der Waals surface area contributed by atoms with E-state index in [0.29, 0.717) is 5.69 Å². The van der Waals surface area contributed by atoms with E-state index in [1.165, 1.54) is 12.1 Å². The lowest BCUT2D eigenvalue weighted by molar-refractivity contribution is 0.626. The molecule has 3 aromatic rings. The summed E-state index contributed by atoms with van der Waals surface area (Å²) >= 11 is 1.57. The topological polar surface area (TPSA) is 38.9 Å². The van der Waals surface area contributed by atoms with Crippen molar-refractivity contribution in [1.82, 2.24) is 4.98 Å². The minimum Gasteiger partial charge on any atom is -0.397 e. The van der Waals surface area contributed by atoms with E-state index in [1.54, 1.807) is 30.1 Å². The fourth-order valence-corrected chi connectivity index (χ4v) is 2.82. The monoisotopic (exact) mass is 270 g/mol. The van der Waals surface area contributed by atoms with E-state index < -0.39 is 0 Å². The molecule has 0 fully saturated rings. The van der Waals surface area contributed by atoms with Crippen molar-refractivity contribution in [2.24, 2.45) is 0 Å². The summed E-state index contributed by atoms with van der Waals surface area (Å²) in [6.45, 7) is 0. The molecular weight excluding hydrogens is 259 g/mol. The largest absolute Gasteiger partial charge is 0.397 e. The van der Waals surface area contributed by atoms with Gasteiger partial charge in [0.15, 0.2) is 0 Å². The van der Waals surface area contributed by atoms with Gasteiger partial charge < -0.3 is 5.73 Å². The Bertz CT molecular complexity index is 726. The van der Waals surface area contributed by atoms with Gasteiger partial charge in [-0.1, -0.05) is 23.9 Å². The number of hydrogen-bond donors (Lipinski definition) is 1. The molecular formula is C15H11FN2S. The first-order chi connectivity index (χ1) is 9.24. The number of hydrogen-bond acceptors (Lipinski definition) is 3. The fourth-order valence-electron chi connectivity index (χ4n) is 1.89. The zero-order chi connectivity index (χ0) is 13.2. The summed E-state index contributed by atoms with van der Waals surface area (Å²) < 4.78 is 12.9. The lowest BCUT2D eigenvalue weighted by Gasteiger charge is -2.07. The van der Waals surface area contributed by atoms with Crippen LogP contribution in [0.1, 0.15) is 0 Å². The highest BCUT2D eigenvalue weighted by Crippen LogP contribution is 2.34. The van der Waals surface area contributed by atoms with Crippen LogP contribution in [0.2, 0.25) is 0 Å². The van der Waals surface area contributed by atoms with Gasteiger partial charge in [0.1, 0.15) is 5.82 Å². The lowest BCUT2D eigenvalue weighted by atomic mass is 10.2. The van der Waals surface area contributed by atoms with Crippen LogP contribution >= 0.6 is 11.8 Å². The maximum absolute atomic E-state index is 12.9. The number of anilines is 1. The van der Waals surface area contributed by atoms with Gasteiger partial charge in [0.05, 0.1) is 11.2 Å². The number of pyridine rings is 1. The minimum absolute atomic E-state index is 0.229. The van der Waals surface area contributed by atoms with Gasteiger partial charge in [0, 0.05) is 21.4 Å². The smallest absolute Gasteiger partial charge is 0.123 e. The molecule has 2 aromatic carbocycles. The minimum atomic E-state index is -0.229. The molecule has 4 heteroatoms. The van der Waals surface area contributed by atoms with E-state index in [1.807, 2.05) is 24.3 Å². The first-order valence-electron chi connectivity index (χ1n) is 5.81. The highest BCUT2D eigenvalue weighted by molar-refractivity contribution is 7.99. The number of nitrogen functional groups attached to an aromatic ring is 1. The second-order valence-electron chi connectivity index (χ2n) is 4.11. The number of halogens is 1. The molecule has 0 saturated heterocycles. The number of rotatable bonds is 2. The van der Waals surface area contributed by atoms with Crippen LogP contribution in [-0.2, 0) is 0 Å². The van der Waals surface area contributed by atoms with Crippen LogP contribution in [0.15, 0.2) is 64.5 Å². The fraction of sp³-hybridized carbons (Fsp3) is 0. The second kappa shape index (κ2) is 4.90. The van der Waals surface area contributed by atoms with Crippen molar-refractivity contribution in [2.45, 2.75) is 9.79 Å². The molecule has 0 bridgehead atoms. The molecule has 1 heterocycles. The van der Waals surface area contributed by atoms with Crippen molar-refractivity contribution in [3.63, 3.8) is 0 Å². The Morgan fingerprint density at radius 1 is 1.00 bits per heavy atom. The van der Waals surface area contributed by atoms with Gasteiger partial charge in [-0.05, 0) is 36.4 Å². The summed E-state index contributed by atoms with van der Waals surface area (Å²) in [7, 11) is 0. The average molecular weight is 270 g/mol. The van der Waals surface area contributed by atoms with Gasteiger partial charge in [-0.25, -0.2) is 4.39 Å². The number of nitrogens with zero attached hydrogens (tertiary/aromatic N) is 1. The zero-order valence-electron chi connectivity index (χ0n) is 10.0. The van der Waals surface area contributed by atoms with Crippen LogP contribution in [-0.4, -0.2) is 4.98 Å². The first kappa shape index (κ1) is 12.0. The summed E-state index contributed by atoms with van der Waals surface area (Å²) in [5, 5.41) is 1.01. The molecule has 0 aliphatic heterocycles. The Morgan fingerprint density at radius 2 is 1.79 bits per heavy atom. The molecule has 0 unspecified atom stereocenters. The molecule has 0 aliphatic carbocycles. The van der Waals surface area contributed by atoms with Gasteiger partial charge in [-0.2, -0.15) is 0 Å². The maximum Gasteiger partial charge on any atom is 0.123 e. The van der Waals surface area contributed by atoms with Gasteiger partial charge in [0.2, 0.25) is 0 Å². The normalized spacial score (nSPS) is 10.8. The Hall–Kier alpha value is -2.07. The third-order valence-corrected chi connectivity index (χ3v) is 3.89. The number of para-hydroxylation sites is 1. The van der Waals surface area contributed by atoms with Crippen molar-refractivity contribution in [3.05, 3.63) is 60.5 Å². The molecule has 0 amide bonds. The molecule has 2 N–H and O–H groups in total. The average Bonchev–Trinajstić information content (AvgIpc) is 2.43. The Kier molecular flexibility index (Phi) is 3.09. The van der Waals surface area contributed by atoms with E-state index in [2.05, 4.69) is 4.98 Å². The van der Waals surface area contributed by atoms with E-state index in [-0.39, 0.29) is 5.82 Å². The van der Waals surface area contributed by atoms with Crippen molar-refractivity contribution < 1.29 is 4.39 Å². The van der Waals surface area contributed by atoms with Gasteiger partial charge in [-0.15, -0.1) is 0 Å². The van der Waals surface area contributed by atoms with Crippen LogP contribution < -0.4 is 5.73 Å². The molecule has 0 aliphatic rings. The molecule has 0 atom stereocenters. The lowest BCUT2D eigenvalue weighted by Crippen LogP contribution is -1.90. The summed E-state index contributed by atoms with van der Waals surface area (Å²) in [6, 6.07) is 14.1. The number of aromatic nitrogens is 1. The van der Waals surface area contributed by atoms with Gasteiger partial charge >= 0.3 is 0 Å². The van der Waals surface area contributed by atoms with Crippen LogP contribution in [0.25, 0.3) is 10.9 Å². The van der Waals surface area contributed by atoms with E-state index in [9.17, 15) is 4.39 Å².